The number of benzene rings is 1. The normalized spacial score (nSPS) is 10.4. The van der Waals surface area contributed by atoms with Crippen molar-refractivity contribution >= 4 is 39.3 Å². The number of esters is 1. The zero-order valence-electron chi connectivity index (χ0n) is 9.80. The molecule has 0 radical (unpaired) electrons. The summed E-state index contributed by atoms with van der Waals surface area (Å²) in [7, 11) is 0. The van der Waals surface area contributed by atoms with E-state index in [1.54, 1.807) is 29.2 Å². The fraction of sp³-hybridized carbons (Fsp3) is 0.231. The number of carbonyl (C=O) groups is 1. The van der Waals surface area contributed by atoms with Gasteiger partial charge in [-0.05, 0) is 12.1 Å². The van der Waals surface area contributed by atoms with Crippen LogP contribution in [-0.2, 0) is 9.53 Å². The van der Waals surface area contributed by atoms with Crippen LogP contribution in [0.3, 0.4) is 0 Å². The van der Waals surface area contributed by atoms with Crippen LogP contribution in [0.25, 0.3) is 10.2 Å². The van der Waals surface area contributed by atoms with Crippen molar-refractivity contribution in [2.24, 2.45) is 0 Å². The lowest BCUT2D eigenvalue weighted by atomic mass is 10.3. The minimum atomic E-state index is -0.191. The minimum absolute atomic E-state index is 0.191. The topological polar surface area (TPSA) is 39.2 Å². The van der Waals surface area contributed by atoms with Gasteiger partial charge in [-0.15, -0.1) is 11.3 Å². The number of thioether (sulfide) groups is 1. The van der Waals surface area contributed by atoms with Crippen LogP contribution in [0.1, 0.15) is 6.42 Å². The van der Waals surface area contributed by atoms with Crippen LogP contribution in [0.2, 0.25) is 0 Å². The molecule has 0 bridgehead atoms. The predicted octanol–water partition coefficient (Wildman–Crippen LogP) is 3.51. The zero-order chi connectivity index (χ0) is 12.8. The number of hydrogen-bond donors (Lipinski definition) is 0. The Morgan fingerprint density at radius 2 is 2.33 bits per heavy atom. The van der Waals surface area contributed by atoms with Crippen molar-refractivity contribution in [2.75, 3.05) is 12.4 Å². The lowest BCUT2D eigenvalue weighted by molar-refractivity contribution is -0.141. The summed E-state index contributed by atoms with van der Waals surface area (Å²) < 4.78 is 7.07. The van der Waals surface area contributed by atoms with E-state index in [-0.39, 0.29) is 12.6 Å². The Bertz CT molecular complexity index is 518. The Hall–Kier alpha value is -1.33. The number of hydrogen-bond acceptors (Lipinski definition) is 5. The first-order valence-electron chi connectivity index (χ1n) is 5.54. The van der Waals surface area contributed by atoms with Crippen LogP contribution in [-0.4, -0.2) is 23.3 Å². The molecule has 0 aliphatic carbocycles. The molecule has 1 heterocycles. The summed E-state index contributed by atoms with van der Waals surface area (Å²) in [5.74, 6) is 0.499. The lowest BCUT2D eigenvalue weighted by Crippen LogP contribution is -2.05. The first kappa shape index (κ1) is 13.1. The lowest BCUT2D eigenvalue weighted by Gasteiger charge is -1.99. The molecule has 0 aliphatic rings. The standard InChI is InChI=1S/C13H13NO2S2/c1-2-8-16-12(15)7-9-17-13-14-10-5-3-4-6-11(10)18-13/h2-6H,1,7-9H2. The summed E-state index contributed by atoms with van der Waals surface area (Å²) in [4.78, 5) is 15.7. The summed E-state index contributed by atoms with van der Waals surface area (Å²) in [6.45, 7) is 3.78. The molecule has 0 saturated carbocycles. The van der Waals surface area contributed by atoms with Crippen LogP contribution in [0, 0.1) is 0 Å². The molecule has 0 fully saturated rings. The van der Waals surface area contributed by atoms with E-state index in [1.807, 2.05) is 18.2 Å². The fourth-order valence-electron chi connectivity index (χ4n) is 1.36. The molecule has 3 nitrogen and oxygen atoms in total. The van der Waals surface area contributed by atoms with E-state index in [0.29, 0.717) is 12.2 Å². The maximum Gasteiger partial charge on any atom is 0.306 e. The molecule has 5 heteroatoms. The van der Waals surface area contributed by atoms with Gasteiger partial charge in [-0.3, -0.25) is 4.79 Å². The van der Waals surface area contributed by atoms with E-state index < -0.39 is 0 Å². The zero-order valence-corrected chi connectivity index (χ0v) is 11.4. The minimum Gasteiger partial charge on any atom is -0.461 e. The highest BCUT2D eigenvalue weighted by Crippen LogP contribution is 2.29. The van der Waals surface area contributed by atoms with E-state index in [4.69, 9.17) is 4.74 Å². The van der Waals surface area contributed by atoms with Crippen molar-refractivity contribution in [2.45, 2.75) is 10.8 Å². The molecule has 0 amide bonds. The van der Waals surface area contributed by atoms with Gasteiger partial charge in [0.2, 0.25) is 0 Å². The summed E-state index contributed by atoms with van der Waals surface area (Å²) in [5, 5.41) is 0. The number of ether oxygens (including phenoxy) is 1. The maximum absolute atomic E-state index is 11.3. The third kappa shape index (κ3) is 3.58. The van der Waals surface area contributed by atoms with Crippen LogP contribution in [0.5, 0.6) is 0 Å². The molecule has 0 aliphatic heterocycles. The molecule has 0 unspecified atom stereocenters. The molecule has 18 heavy (non-hydrogen) atoms. The first-order chi connectivity index (χ1) is 8.79. The molecule has 94 valence electrons. The van der Waals surface area contributed by atoms with Gasteiger partial charge in [0, 0.05) is 5.75 Å². The number of carbonyl (C=O) groups excluding carboxylic acids is 1. The second-order valence-corrected chi connectivity index (χ2v) is 5.89. The van der Waals surface area contributed by atoms with Crippen LogP contribution < -0.4 is 0 Å². The summed E-state index contributed by atoms with van der Waals surface area (Å²) in [5.41, 5.74) is 1.01. The number of nitrogens with zero attached hydrogens (tertiary/aromatic N) is 1. The number of thiazole rings is 1. The monoisotopic (exact) mass is 279 g/mol. The quantitative estimate of drug-likeness (QED) is 0.461. The van der Waals surface area contributed by atoms with Crippen LogP contribution >= 0.6 is 23.1 Å². The molecule has 1 aromatic heterocycles. The van der Waals surface area contributed by atoms with Gasteiger partial charge in [0.25, 0.3) is 0 Å². The van der Waals surface area contributed by atoms with Crippen LogP contribution in [0.4, 0.5) is 0 Å². The molecule has 2 aromatic rings. The number of para-hydroxylation sites is 1. The van der Waals surface area contributed by atoms with Crippen molar-refractivity contribution in [3.8, 4) is 0 Å². The third-order valence-electron chi connectivity index (χ3n) is 2.17. The molecule has 0 atom stereocenters. The van der Waals surface area contributed by atoms with Gasteiger partial charge >= 0.3 is 5.97 Å². The number of fused-ring (bicyclic) bond motifs is 1. The van der Waals surface area contributed by atoms with Gasteiger partial charge in [0.15, 0.2) is 4.34 Å². The van der Waals surface area contributed by atoms with Gasteiger partial charge in [-0.2, -0.15) is 0 Å². The van der Waals surface area contributed by atoms with Crippen molar-refractivity contribution in [3.63, 3.8) is 0 Å². The smallest absolute Gasteiger partial charge is 0.306 e. The van der Waals surface area contributed by atoms with Crippen molar-refractivity contribution in [3.05, 3.63) is 36.9 Å². The summed E-state index contributed by atoms with van der Waals surface area (Å²) in [6, 6.07) is 8.02. The van der Waals surface area contributed by atoms with Gasteiger partial charge in [-0.1, -0.05) is 36.5 Å². The summed E-state index contributed by atoms with van der Waals surface area (Å²) >= 11 is 3.24. The van der Waals surface area contributed by atoms with E-state index in [2.05, 4.69) is 17.6 Å². The van der Waals surface area contributed by atoms with E-state index in [9.17, 15) is 4.79 Å². The Balaban J connectivity index is 1.83. The number of aromatic nitrogens is 1. The second kappa shape index (κ2) is 6.56. The fourth-order valence-corrected chi connectivity index (χ4v) is 3.42. The molecular weight excluding hydrogens is 266 g/mol. The van der Waals surface area contributed by atoms with Crippen molar-refractivity contribution < 1.29 is 9.53 Å². The van der Waals surface area contributed by atoms with Crippen LogP contribution in [0.15, 0.2) is 41.3 Å². The highest BCUT2D eigenvalue weighted by atomic mass is 32.2. The highest BCUT2D eigenvalue weighted by Gasteiger charge is 2.06. The highest BCUT2D eigenvalue weighted by molar-refractivity contribution is 8.01. The van der Waals surface area contributed by atoms with Gasteiger partial charge in [0.05, 0.1) is 16.6 Å². The van der Waals surface area contributed by atoms with Gasteiger partial charge in [0.1, 0.15) is 6.61 Å². The molecule has 0 spiro atoms. The average Bonchev–Trinajstić information content (AvgIpc) is 2.79. The van der Waals surface area contributed by atoms with Gasteiger partial charge < -0.3 is 4.74 Å². The second-order valence-electron chi connectivity index (χ2n) is 3.52. The van der Waals surface area contributed by atoms with Crippen molar-refractivity contribution in [1.29, 1.82) is 0 Å². The maximum atomic E-state index is 11.3. The Morgan fingerprint density at radius 1 is 1.50 bits per heavy atom. The third-order valence-corrected chi connectivity index (χ3v) is 4.35. The molecular formula is C13H13NO2S2. The Kier molecular flexibility index (Phi) is 4.78. The molecule has 0 saturated heterocycles. The summed E-state index contributed by atoms with van der Waals surface area (Å²) in [6.07, 6.45) is 1.97. The van der Waals surface area contributed by atoms with Crippen molar-refractivity contribution in [1.82, 2.24) is 4.98 Å². The Morgan fingerprint density at radius 3 is 3.11 bits per heavy atom. The average molecular weight is 279 g/mol. The molecule has 2 rings (SSSR count). The largest absolute Gasteiger partial charge is 0.461 e. The first-order valence-corrected chi connectivity index (χ1v) is 7.34. The van der Waals surface area contributed by atoms with E-state index >= 15 is 0 Å². The SMILES string of the molecule is C=CCOC(=O)CCSc1nc2ccccc2s1. The molecule has 0 N–H and O–H groups in total. The number of rotatable bonds is 6. The predicted molar refractivity (Wildman–Crippen MR) is 76.1 cm³/mol. The van der Waals surface area contributed by atoms with E-state index in [0.717, 1.165) is 9.86 Å². The van der Waals surface area contributed by atoms with E-state index in [1.165, 1.54) is 4.70 Å². The van der Waals surface area contributed by atoms with Gasteiger partial charge in [-0.25, -0.2) is 4.98 Å². The molecule has 1 aromatic carbocycles. The Labute approximate surface area is 114 Å².